The Labute approximate surface area is 52.2 Å². The average molecular weight is 136 g/mol. The first-order valence-electron chi connectivity index (χ1n) is 1.91. The van der Waals surface area contributed by atoms with Crippen molar-refractivity contribution in [1.82, 2.24) is 0 Å². The number of halogens is 1. The first-order valence-corrected chi connectivity index (χ1v) is 2.35. The molecule has 0 saturated carbocycles. The molecule has 0 aromatic carbocycles. The minimum Gasteiger partial charge on any atom is -0.447 e. The molecule has 0 amide bonds. The van der Waals surface area contributed by atoms with Crippen LogP contribution in [0.1, 0.15) is 6.92 Å². The maximum atomic E-state index is 7.95. The van der Waals surface area contributed by atoms with Crippen LogP contribution in [0.25, 0.3) is 0 Å². The summed E-state index contributed by atoms with van der Waals surface area (Å²) in [7, 11) is 0. The van der Waals surface area contributed by atoms with Crippen LogP contribution in [0.2, 0.25) is 0 Å². The molecule has 0 spiro atoms. The van der Waals surface area contributed by atoms with Crippen LogP contribution in [0.4, 0.5) is 0 Å². The van der Waals surface area contributed by atoms with Gasteiger partial charge in [0.05, 0.1) is 0 Å². The molecule has 0 heterocycles. The fourth-order valence-electron chi connectivity index (χ4n) is 0.148. The standard InChI is InChI=1S/C4H6ClNO2/c1-4(6-7)8-3-2-5/h2-3,7H,1H3. The maximum Gasteiger partial charge on any atom is 0.227 e. The van der Waals surface area contributed by atoms with Gasteiger partial charge in [-0.1, -0.05) is 16.8 Å². The van der Waals surface area contributed by atoms with E-state index in [-0.39, 0.29) is 5.90 Å². The molecule has 0 bridgehead atoms. The molecule has 0 saturated heterocycles. The van der Waals surface area contributed by atoms with E-state index in [1.165, 1.54) is 18.7 Å². The highest BCUT2D eigenvalue weighted by Crippen LogP contribution is 1.83. The van der Waals surface area contributed by atoms with E-state index in [0.29, 0.717) is 0 Å². The van der Waals surface area contributed by atoms with Gasteiger partial charge >= 0.3 is 0 Å². The summed E-state index contributed by atoms with van der Waals surface area (Å²) in [6, 6.07) is 0. The quantitative estimate of drug-likeness (QED) is 0.195. The third-order valence-corrected chi connectivity index (χ3v) is 0.534. The Morgan fingerprint density at radius 1 is 1.88 bits per heavy atom. The summed E-state index contributed by atoms with van der Waals surface area (Å²) in [4.78, 5) is 0. The highest BCUT2D eigenvalue weighted by atomic mass is 35.5. The number of hydrogen-bond donors (Lipinski definition) is 1. The molecule has 0 aliphatic carbocycles. The minimum absolute atomic E-state index is 0.155. The van der Waals surface area contributed by atoms with Crippen LogP contribution in [0, 0.1) is 0 Å². The molecule has 0 aliphatic heterocycles. The normalized spacial score (nSPS) is 12.5. The molecule has 3 nitrogen and oxygen atoms in total. The van der Waals surface area contributed by atoms with Crippen LogP contribution < -0.4 is 0 Å². The van der Waals surface area contributed by atoms with Gasteiger partial charge in [-0.3, -0.25) is 0 Å². The monoisotopic (exact) mass is 135 g/mol. The van der Waals surface area contributed by atoms with Crippen LogP contribution in [0.3, 0.4) is 0 Å². The zero-order chi connectivity index (χ0) is 6.41. The second kappa shape index (κ2) is 4.46. The summed E-state index contributed by atoms with van der Waals surface area (Å²) < 4.78 is 4.53. The summed E-state index contributed by atoms with van der Waals surface area (Å²) in [6.45, 7) is 1.50. The topological polar surface area (TPSA) is 41.8 Å². The summed E-state index contributed by atoms with van der Waals surface area (Å²) >= 11 is 5.06. The number of rotatable bonds is 1. The van der Waals surface area contributed by atoms with Crippen molar-refractivity contribution < 1.29 is 9.94 Å². The molecule has 0 fully saturated rings. The first-order chi connectivity index (χ1) is 3.81. The largest absolute Gasteiger partial charge is 0.447 e. The van der Waals surface area contributed by atoms with Crippen molar-refractivity contribution in [3.63, 3.8) is 0 Å². The number of oxime groups is 1. The van der Waals surface area contributed by atoms with Gasteiger partial charge in [0.2, 0.25) is 5.90 Å². The lowest BCUT2D eigenvalue weighted by Crippen LogP contribution is -1.90. The van der Waals surface area contributed by atoms with Crippen molar-refractivity contribution in [3.05, 3.63) is 11.8 Å². The van der Waals surface area contributed by atoms with Gasteiger partial charge in [0.15, 0.2) is 0 Å². The lowest BCUT2D eigenvalue weighted by Gasteiger charge is -1.90. The molecular formula is C4H6ClNO2. The van der Waals surface area contributed by atoms with Gasteiger partial charge in [0.25, 0.3) is 0 Å². The Kier molecular flexibility index (Phi) is 4.07. The Bertz CT molecular complexity index is 111. The number of nitrogens with zero attached hydrogens (tertiary/aromatic N) is 1. The van der Waals surface area contributed by atoms with Crippen molar-refractivity contribution in [1.29, 1.82) is 0 Å². The molecule has 1 N–H and O–H groups in total. The van der Waals surface area contributed by atoms with E-state index in [1.54, 1.807) is 0 Å². The maximum absolute atomic E-state index is 7.95. The molecule has 0 aliphatic rings. The van der Waals surface area contributed by atoms with Crippen molar-refractivity contribution in [2.75, 3.05) is 0 Å². The van der Waals surface area contributed by atoms with E-state index in [1.807, 2.05) is 0 Å². The highest BCUT2D eigenvalue weighted by molar-refractivity contribution is 6.25. The lowest BCUT2D eigenvalue weighted by molar-refractivity contribution is 0.296. The molecule has 0 atom stereocenters. The van der Waals surface area contributed by atoms with Crippen molar-refractivity contribution in [3.8, 4) is 0 Å². The summed E-state index contributed by atoms with van der Waals surface area (Å²) in [6.07, 6.45) is 1.20. The second-order valence-corrected chi connectivity index (χ2v) is 1.25. The average Bonchev–Trinajstić information content (AvgIpc) is 1.83. The van der Waals surface area contributed by atoms with E-state index >= 15 is 0 Å². The van der Waals surface area contributed by atoms with E-state index in [4.69, 9.17) is 16.8 Å². The molecule has 46 valence electrons. The van der Waals surface area contributed by atoms with Gasteiger partial charge in [0, 0.05) is 12.5 Å². The molecule has 0 aromatic heterocycles. The summed E-state index contributed by atoms with van der Waals surface area (Å²) in [5.74, 6) is 0.155. The number of ether oxygens (including phenoxy) is 1. The van der Waals surface area contributed by atoms with Crippen LogP contribution >= 0.6 is 11.6 Å². The Balaban J connectivity index is 3.40. The van der Waals surface area contributed by atoms with E-state index in [2.05, 4.69) is 9.89 Å². The smallest absolute Gasteiger partial charge is 0.227 e. The van der Waals surface area contributed by atoms with Gasteiger partial charge in [0.1, 0.15) is 6.26 Å². The predicted octanol–water partition coefficient (Wildman–Crippen LogP) is 1.52. The van der Waals surface area contributed by atoms with Crippen LogP contribution in [-0.4, -0.2) is 11.1 Å². The molecule has 0 rings (SSSR count). The Hall–Kier alpha value is -0.700. The fourth-order valence-corrected chi connectivity index (χ4v) is 0.199. The lowest BCUT2D eigenvalue weighted by atomic mass is 10.8. The van der Waals surface area contributed by atoms with Gasteiger partial charge in [-0.05, 0) is 0 Å². The van der Waals surface area contributed by atoms with Crippen molar-refractivity contribution >= 4 is 17.5 Å². The zero-order valence-electron chi connectivity index (χ0n) is 4.34. The molecule has 0 aromatic rings. The SMILES string of the molecule is CC(=NO)OC=CCl. The first kappa shape index (κ1) is 7.30. The Morgan fingerprint density at radius 2 is 2.50 bits per heavy atom. The third kappa shape index (κ3) is 3.49. The van der Waals surface area contributed by atoms with Gasteiger partial charge in [-0.15, -0.1) is 0 Å². The highest BCUT2D eigenvalue weighted by Gasteiger charge is 1.81. The summed E-state index contributed by atoms with van der Waals surface area (Å²) in [5, 5.41) is 10.7. The van der Waals surface area contributed by atoms with Gasteiger partial charge in [-0.2, -0.15) is 0 Å². The molecule has 0 radical (unpaired) electrons. The number of hydrogen-bond acceptors (Lipinski definition) is 3. The van der Waals surface area contributed by atoms with Crippen LogP contribution in [0.5, 0.6) is 0 Å². The fraction of sp³-hybridized carbons (Fsp3) is 0.250. The molecule has 8 heavy (non-hydrogen) atoms. The predicted molar refractivity (Wildman–Crippen MR) is 31.0 cm³/mol. The van der Waals surface area contributed by atoms with Crippen LogP contribution in [0.15, 0.2) is 17.0 Å². The Morgan fingerprint density at radius 3 is 2.88 bits per heavy atom. The van der Waals surface area contributed by atoms with Gasteiger partial charge in [-0.25, -0.2) is 0 Å². The van der Waals surface area contributed by atoms with E-state index < -0.39 is 0 Å². The second-order valence-electron chi connectivity index (χ2n) is 0.999. The summed E-state index contributed by atoms with van der Waals surface area (Å²) in [5.41, 5.74) is 1.18. The third-order valence-electron chi connectivity index (χ3n) is 0.431. The van der Waals surface area contributed by atoms with Crippen LogP contribution in [-0.2, 0) is 4.74 Å². The van der Waals surface area contributed by atoms with Crippen molar-refractivity contribution in [2.24, 2.45) is 5.16 Å². The van der Waals surface area contributed by atoms with E-state index in [9.17, 15) is 0 Å². The van der Waals surface area contributed by atoms with E-state index in [0.717, 1.165) is 0 Å². The van der Waals surface area contributed by atoms with Crippen molar-refractivity contribution in [2.45, 2.75) is 6.92 Å². The molecule has 0 unspecified atom stereocenters. The molecular weight excluding hydrogens is 130 g/mol. The van der Waals surface area contributed by atoms with Gasteiger partial charge < -0.3 is 9.94 Å². The minimum atomic E-state index is 0.155. The molecule has 4 heteroatoms. The zero-order valence-corrected chi connectivity index (χ0v) is 5.09.